The first-order valence-electron chi connectivity index (χ1n) is 4.80. The maximum atomic E-state index is 11.7. The van der Waals surface area contributed by atoms with Crippen LogP contribution in [-0.2, 0) is 14.4 Å². The van der Waals surface area contributed by atoms with Gasteiger partial charge in [-0.25, -0.2) is 4.79 Å². The van der Waals surface area contributed by atoms with Gasteiger partial charge in [0, 0.05) is 25.0 Å². The number of hydrogen-bond donors (Lipinski definition) is 2. The number of nitrogens with one attached hydrogen (secondary N) is 1. The number of likely N-dealkylation sites (N-methyl/N-ethyl adjacent to an activating group) is 1. The molecule has 0 aromatic heterocycles. The van der Waals surface area contributed by atoms with E-state index in [0.29, 0.717) is 6.08 Å². The third-order valence-electron chi connectivity index (χ3n) is 1.81. The van der Waals surface area contributed by atoms with E-state index in [-0.39, 0.29) is 5.75 Å². The second kappa shape index (κ2) is 8.14. The van der Waals surface area contributed by atoms with Gasteiger partial charge < -0.3 is 10.4 Å². The zero-order valence-electron chi connectivity index (χ0n) is 9.91. The minimum atomic E-state index is -1.26. The molecular formula is C10H13N3O4S. The van der Waals surface area contributed by atoms with E-state index >= 15 is 0 Å². The van der Waals surface area contributed by atoms with Crippen LogP contribution < -0.4 is 5.32 Å². The summed E-state index contributed by atoms with van der Waals surface area (Å²) in [4.78, 5) is 34.0. The summed E-state index contributed by atoms with van der Waals surface area (Å²) in [7, 11) is 1.29. The van der Waals surface area contributed by atoms with E-state index in [4.69, 9.17) is 10.4 Å². The number of thioether (sulfide) groups is 1. The maximum absolute atomic E-state index is 11.7. The number of carboxylic acids is 1. The number of nitriles is 1. The van der Waals surface area contributed by atoms with E-state index in [1.165, 1.54) is 18.8 Å². The van der Waals surface area contributed by atoms with Gasteiger partial charge in [-0.05, 0) is 6.26 Å². The summed E-state index contributed by atoms with van der Waals surface area (Å²) in [6, 6.07) is -0.865. The highest BCUT2D eigenvalue weighted by Gasteiger charge is 2.22. The van der Waals surface area contributed by atoms with Crippen molar-refractivity contribution in [3.05, 3.63) is 12.2 Å². The molecule has 0 aliphatic rings. The Morgan fingerprint density at radius 2 is 2.11 bits per heavy atom. The number of carbonyl (C=O) groups is 3. The monoisotopic (exact) mass is 271 g/mol. The van der Waals surface area contributed by atoms with E-state index in [0.717, 1.165) is 11.0 Å². The van der Waals surface area contributed by atoms with E-state index in [2.05, 4.69) is 5.32 Å². The molecule has 0 fully saturated rings. The lowest BCUT2D eigenvalue weighted by molar-refractivity contribution is -0.131. The van der Waals surface area contributed by atoms with Crippen LogP contribution in [0.3, 0.4) is 0 Å². The lowest BCUT2D eigenvalue weighted by Gasteiger charge is -2.18. The molecule has 0 bridgehead atoms. The van der Waals surface area contributed by atoms with Crippen molar-refractivity contribution in [3.63, 3.8) is 0 Å². The molecule has 8 heteroatoms. The van der Waals surface area contributed by atoms with Crippen molar-refractivity contribution in [3.8, 4) is 6.19 Å². The van der Waals surface area contributed by atoms with Crippen molar-refractivity contribution in [2.45, 2.75) is 6.04 Å². The molecule has 1 unspecified atom stereocenters. The highest BCUT2D eigenvalue weighted by atomic mass is 32.2. The van der Waals surface area contributed by atoms with E-state index < -0.39 is 23.8 Å². The van der Waals surface area contributed by atoms with Crippen LogP contribution in [0.25, 0.3) is 0 Å². The van der Waals surface area contributed by atoms with Crippen LogP contribution in [0.4, 0.5) is 0 Å². The maximum Gasteiger partial charge on any atom is 0.328 e. The second-order valence-corrected chi connectivity index (χ2v) is 4.10. The number of amides is 2. The molecule has 0 aliphatic heterocycles. The van der Waals surface area contributed by atoms with Crippen LogP contribution in [-0.4, -0.2) is 52.9 Å². The van der Waals surface area contributed by atoms with Gasteiger partial charge in [0.15, 0.2) is 6.19 Å². The fourth-order valence-corrected chi connectivity index (χ4v) is 1.55. The van der Waals surface area contributed by atoms with Crippen molar-refractivity contribution in [1.82, 2.24) is 10.2 Å². The summed E-state index contributed by atoms with van der Waals surface area (Å²) < 4.78 is 0. The highest BCUT2D eigenvalue weighted by molar-refractivity contribution is 7.98. The van der Waals surface area contributed by atoms with Gasteiger partial charge in [-0.1, -0.05) is 0 Å². The molecule has 2 amide bonds. The Bertz CT molecular complexity index is 402. The Balaban J connectivity index is 4.63. The number of aliphatic carboxylic acids is 1. The zero-order valence-corrected chi connectivity index (χ0v) is 10.7. The van der Waals surface area contributed by atoms with Gasteiger partial charge in [0.1, 0.15) is 6.04 Å². The third-order valence-corrected chi connectivity index (χ3v) is 2.47. The van der Waals surface area contributed by atoms with Gasteiger partial charge >= 0.3 is 5.97 Å². The minimum Gasteiger partial charge on any atom is -0.478 e. The van der Waals surface area contributed by atoms with Gasteiger partial charge in [-0.2, -0.15) is 17.0 Å². The first-order chi connectivity index (χ1) is 8.42. The summed E-state index contributed by atoms with van der Waals surface area (Å²) in [6.45, 7) is 0. The Kier molecular flexibility index (Phi) is 7.23. The van der Waals surface area contributed by atoms with Crippen LogP contribution in [0, 0.1) is 11.5 Å². The lowest BCUT2D eigenvalue weighted by atomic mass is 10.3. The number of nitrogens with zero attached hydrogens (tertiary/aromatic N) is 2. The predicted molar refractivity (Wildman–Crippen MR) is 65.5 cm³/mol. The SMILES string of the molecule is CSCC(NC(=O)/C=C/C(=O)O)C(=O)N(C)C#N. The summed E-state index contributed by atoms with van der Waals surface area (Å²) in [5.74, 6) is -2.22. The normalized spacial score (nSPS) is 11.6. The molecule has 0 saturated heterocycles. The second-order valence-electron chi connectivity index (χ2n) is 3.19. The largest absolute Gasteiger partial charge is 0.478 e. The Morgan fingerprint density at radius 3 is 2.56 bits per heavy atom. The van der Waals surface area contributed by atoms with Gasteiger partial charge in [-0.15, -0.1) is 0 Å². The zero-order chi connectivity index (χ0) is 14.1. The molecule has 0 heterocycles. The molecule has 0 saturated carbocycles. The van der Waals surface area contributed by atoms with Gasteiger partial charge in [0.25, 0.3) is 5.91 Å². The molecule has 18 heavy (non-hydrogen) atoms. The first-order valence-corrected chi connectivity index (χ1v) is 6.19. The summed E-state index contributed by atoms with van der Waals surface area (Å²) in [5, 5.41) is 19.3. The molecule has 0 spiro atoms. The fourth-order valence-electron chi connectivity index (χ4n) is 0.991. The Morgan fingerprint density at radius 1 is 1.50 bits per heavy atom. The Hall–Kier alpha value is -2.01. The van der Waals surface area contributed by atoms with Crippen molar-refractivity contribution in [2.24, 2.45) is 0 Å². The molecule has 98 valence electrons. The fraction of sp³-hybridized carbons (Fsp3) is 0.400. The standard InChI is InChI=1S/C10H13N3O4S/c1-13(6-11)10(17)7(5-18-2)12-8(14)3-4-9(15)16/h3-4,7H,5H2,1-2H3,(H,12,14)(H,15,16)/b4-3+. The molecule has 2 N–H and O–H groups in total. The number of rotatable bonds is 6. The van der Waals surface area contributed by atoms with E-state index in [1.54, 1.807) is 12.4 Å². The summed E-state index contributed by atoms with van der Waals surface area (Å²) in [5.41, 5.74) is 0. The first kappa shape index (κ1) is 16.0. The lowest BCUT2D eigenvalue weighted by Crippen LogP contribution is -2.47. The molecular weight excluding hydrogens is 258 g/mol. The van der Waals surface area contributed by atoms with E-state index in [1.807, 2.05) is 0 Å². The van der Waals surface area contributed by atoms with Crippen LogP contribution in [0.15, 0.2) is 12.2 Å². The van der Waals surface area contributed by atoms with Crippen LogP contribution in [0.5, 0.6) is 0 Å². The van der Waals surface area contributed by atoms with Crippen molar-refractivity contribution < 1.29 is 19.5 Å². The molecule has 0 aliphatic carbocycles. The summed E-state index contributed by atoms with van der Waals surface area (Å²) in [6.07, 6.45) is 4.87. The number of hydrogen-bond acceptors (Lipinski definition) is 5. The Labute approximate surface area is 108 Å². The van der Waals surface area contributed by atoms with Crippen LogP contribution in [0.2, 0.25) is 0 Å². The average Bonchev–Trinajstić information content (AvgIpc) is 2.33. The molecule has 0 aromatic rings. The van der Waals surface area contributed by atoms with Gasteiger partial charge in [0.05, 0.1) is 0 Å². The van der Waals surface area contributed by atoms with Crippen LogP contribution in [0.1, 0.15) is 0 Å². The van der Waals surface area contributed by atoms with Crippen LogP contribution >= 0.6 is 11.8 Å². The summed E-state index contributed by atoms with van der Waals surface area (Å²) >= 11 is 1.32. The third kappa shape index (κ3) is 5.91. The van der Waals surface area contributed by atoms with Gasteiger partial charge in [-0.3, -0.25) is 14.5 Å². The molecule has 1 atom stereocenters. The highest BCUT2D eigenvalue weighted by Crippen LogP contribution is 2.01. The van der Waals surface area contributed by atoms with E-state index in [9.17, 15) is 14.4 Å². The predicted octanol–water partition coefficient (Wildman–Crippen LogP) is -0.586. The smallest absolute Gasteiger partial charge is 0.328 e. The quantitative estimate of drug-likeness (QED) is 0.380. The van der Waals surface area contributed by atoms with Crippen molar-refractivity contribution in [2.75, 3.05) is 19.1 Å². The van der Waals surface area contributed by atoms with Crippen molar-refractivity contribution in [1.29, 1.82) is 5.26 Å². The average molecular weight is 271 g/mol. The molecule has 0 rings (SSSR count). The van der Waals surface area contributed by atoms with Crippen molar-refractivity contribution >= 4 is 29.5 Å². The molecule has 7 nitrogen and oxygen atoms in total. The molecule has 0 aromatic carbocycles. The number of carbonyl (C=O) groups excluding carboxylic acids is 2. The van der Waals surface area contributed by atoms with Gasteiger partial charge in [0.2, 0.25) is 5.91 Å². The molecule has 0 radical (unpaired) electrons. The minimum absolute atomic E-state index is 0.289. The topological polar surface area (TPSA) is 110 Å². The number of carboxylic acid groups (broad SMARTS) is 1.